The Morgan fingerprint density at radius 1 is 1.72 bits per heavy atom. The summed E-state index contributed by atoms with van der Waals surface area (Å²) in [6.07, 6.45) is 3.86. The summed E-state index contributed by atoms with van der Waals surface area (Å²) < 4.78 is 11.2. The molecule has 2 rings (SSSR count). The van der Waals surface area contributed by atoms with E-state index in [-0.39, 0.29) is 12.5 Å². The first kappa shape index (κ1) is 11.6. The fourth-order valence-electron chi connectivity index (χ4n) is 1.26. The van der Waals surface area contributed by atoms with Crippen LogP contribution >= 0.6 is 0 Å². The zero-order valence-electron chi connectivity index (χ0n) is 9.16. The van der Waals surface area contributed by atoms with E-state index in [9.17, 15) is 4.79 Å². The van der Waals surface area contributed by atoms with Gasteiger partial charge in [0.25, 0.3) is 0 Å². The van der Waals surface area contributed by atoms with Crippen molar-refractivity contribution >= 4 is 5.90 Å². The van der Waals surface area contributed by atoms with Crippen molar-refractivity contribution in [3.05, 3.63) is 40.9 Å². The molecule has 0 bridgehead atoms. The third-order valence-electron chi connectivity index (χ3n) is 2.03. The summed E-state index contributed by atoms with van der Waals surface area (Å²) in [5, 5.41) is 16.5. The highest BCUT2D eigenvalue weighted by Gasteiger charge is 2.13. The van der Waals surface area contributed by atoms with Crippen molar-refractivity contribution in [2.24, 2.45) is 5.73 Å². The van der Waals surface area contributed by atoms with Crippen molar-refractivity contribution in [1.82, 2.24) is 20.2 Å². The number of hydrogen-bond donors (Lipinski definition) is 3. The maximum absolute atomic E-state index is 11.3. The summed E-state index contributed by atoms with van der Waals surface area (Å²) in [5.41, 5.74) is 5.02. The van der Waals surface area contributed by atoms with Gasteiger partial charge in [-0.25, -0.2) is 9.89 Å². The summed E-state index contributed by atoms with van der Waals surface area (Å²) >= 11 is 0. The molecule has 0 aliphatic heterocycles. The zero-order valence-corrected chi connectivity index (χ0v) is 9.16. The molecule has 0 fully saturated rings. The molecule has 0 amide bonds. The monoisotopic (exact) mass is 250 g/mol. The number of aromatic amines is 1. The van der Waals surface area contributed by atoms with Crippen LogP contribution in [0.2, 0.25) is 0 Å². The predicted molar refractivity (Wildman–Crippen MR) is 60.1 cm³/mol. The van der Waals surface area contributed by atoms with Crippen molar-refractivity contribution < 1.29 is 9.15 Å². The SMILES string of the molecule is N=C(/C=C\N)OCc1occc1-n1nn[nH]c1=O. The largest absolute Gasteiger partial charge is 0.470 e. The molecule has 9 nitrogen and oxygen atoms in total. The van der Waals surface area contributed by atoms with E-state index in [1.54, 1.807) is 6.07 Å². The lowest BCUT2D eigenvalue weighted by molar-refractivity contribution is 0.257. The fraction of sp³-hybridized carbons (Fsp3) is 0.111. The van der Waals surface area contributed by atoms with Gasteiger partial charge < -0.3 is 14.9 Å². The van der Waals surface area contributed by atoms with Crippen molar-refractivity contribution in [2.45, 2.75) is 6.61 Å². The number of rotatable bonds is 4. The molecule has 0 atom stereocenters. The topological polar surface area (TPSA) is 136 Å². The molecule has 0 aromatic carbocycles. The Labute approximate surface area is 100 Å². The Kier molecular flexibility index (Phi) is 3.23. The van der Waals surface area contributed by atoms with Gasteiger partial charge in [0.1, 0.15) is 12.3 Å². The van der Waals surface area contributed by atoms with Crippen LogP contribution < -0.4 is 11.4 Å². The van der Waals surface area contributed by atoms with Gasteiger partial charge in [0.15, 0.2) is 5.76 Å². The van der Waals surface area contributed by atoms with E-state index in [4.69, 9.17) is 20.3 Å². The summed E-state index contributed by atoms with van der Waals surface area (Å²) in [6, 6.07) is 1.55. The second-order valence-corrected chi connectivity index (χ2v) is 3.16. The Hall–Kier alpha value is -2.84. The number of nitrogens with one attached hydrogen (secondary N) is 2. The lowest BCUT2D eigenvalue weighted by atomic mass is 10.4. The number of nitrogens with zero attached hydrogens (tertiary/aromatic N) is 3. The molecule has 0 spiro atoms. The van der Waals surface area contributed by atoms with Crippen LogP contribution in [-0.4, -0.2) is 26.1 Å². The van der Waals surface area contributed by atoms with Crippen LogP contribution in [0.5, 0.6) is 0 Å². The van der Waals surface area contributed by atoms with Crippen molar-refractivity contribution in [3.63, 3.8) is 0 Å². The van der Waals surface area contributed by atoms with E-state index in [1.165, 1.54) is 18.5 Å². The number of furan rings is 1. The van der Waals surface area contributed by atoms with Gasteiger partial charge in [-0.3, -0.25) is 5.41 Å². The molecule has 94 valence electrons. The molecular weight excluding hydrogens is 240 g/mol. The normalized spacial score (nSPS) is 10.9. The Morgan fingerprint density at radius 2 is 2.56 bits per heavy atom. The number of ether oxygens (including phenoxy) is 1. The van der Waals surface area contributed by atoms with Crippen LogP contribution in [0, 0.1) is 5.41 Å². The number of hydrogen-bond acceptors (Lipinski definition) is 7. The second kappa shape index (κ2) is 4.99. The minimum atomic E-state index is -0.491. The molecule has 0 aliphatic carbocycles. The summed E-state index contributed by atoms with van der Waals surface area (Å²) in [5.74, 6) is 0.230. The highest BCUT2D eigenvalue weighted by Crippen LogP contribution is 2.14. The van der Waals surface area contributed by atoms with Crippen LogP contribution in [0.15, 0.2) is 33.8 Å². The summed E-state index contributed by atoms with van der Waals surface area (Å²) in [6.45, 7) is -0.0230. The van der Waals surface area contributed by atoms with E-state index in [0.29, 0.717) is 11.4 Å². The van der Waals surface area contributed by atoms with E-state index >= 15 is 0 Å². The molecule has 9 heteroatoms. The molecule has 2 aromatic heterocycles. The smallest absolute Gasteiger partial charge is 0.365 e. The molecule has 2 heterocycles. The quantitative estimate of drug-likeness (QED) is 0.495. The van der Waals surface area contributed by atoms with Gasteiger partial charge in [0.2, 0.25) is 5.90 Å². The molecular formula is C9H10N6O3. The Bertz CT molecular complexity index is 622. The Morgan fingerprint density at radius 3 is 3.22 bits per heavy atom. The molecule has 4 N–H and O–H groups in total. The van der Waals surface area contributed by atoms with Crippen LogP contribution in [0.4, 0.5) is 0 Å². The molecule has 0 radical (unpaired) electrons. The minimum Gasteiger partial charge on any atom is -0.470 e. The predicted octanol–water partition coefficient (Wildman–Crippen LogP) is -0.485. The van der Waals surface area contributed by atoms with E-state index < -0.39 is 5.69 Å². The van der Waals surface area contributed by atoms with Crippen molar-refractivity contribution in [3.8, 4) is 5.69 Å². The first-order valence-corrected chi connectivity index (χ1v) is 4.89. The van der Waals surface area contributed by atoms with Crippen molar-refractivity contribution in [1.29, 1.82) is 5.41 Å². The average Bonchev–Trinajstić information content (AvgIpc) is 2.95. The molecule has 18 heavy (non-hydrogen) atoms. The van der Waals surface area contributed by atoms with Crippen LogP contribution in [0.1, 0.15) is 5.76 Å². The van der Waals surface area contributed by atoms with Gasteiger partial charge in [0.05, 0.1) is 6.26 Å². The standard InChI is InChI=1S/C9H10N6O3/c10-3-1-8(11)18-5-7-6(2-4-17-7)15-9(16)12-13-14-15/h1-4,11H,5,10H2,(H,12,14,16)/b3-1-,11-8?. The van der Waals surface area contributed by atoms with Crippen molar-refractivity contribution in [2.75, 3.05) is 0 Å². The van der Waals surface area contributed by atoms with Gasteiger partial charge in [-0.1, -0.05) is 0 Å². The average molecular weight is 250 g/mol. The van der Waals surface area contributed by atoms with E-state index in [0.717, 1.165) is 4.68 Å². The number of H-pyrrole nitrogens is 1. The molecule has 2 aromatic rings. The first-order chi connectivity index (χ1) is 8.72. The van der Waals surface area contributed by atoms with E-state index in [1.807, 2.05) is 0 Å². The summed E-state index contributed by atoms with van der Waals surface area (Å²) in [4.78, 5) is 11.3. The van der Waals surface area contributed by atoms with Crippen LogP contribution in [0.25, 0.3) is 5.69 Å². The highest BCUT2D eigenvalue weighted by molar-refractivity contribution is 5.84. The molecule has 0 saturated heterocycles. The number of tetrazole rings is 1. The number of nitrogens with two attached hydrogens (primary N) is 1. The lowest BCUT2D eigenvalue weighted by Crippen LogP contribution is -2.17. The minimum absolute atomic E-state index is 0.0230. The maximum Gasteiger partial charge on any atom is 0.365 e. The van der Waals surface area contributed by atoms with Crippen LogP contribution in [-0.2, 0) is 11.3 Å². The van der Waals surface area contributed by atoms with Gasteiger partial charge in [0, 0.05) is 12.1 Å². The van der Waals surface area contributed by atoms with Gasteiger partial charge in [-0.15, -0.1) is 0 Å². The lowest BCUT2D eigenvalue weighted by Gasteiger charge is -2.03. The van der Waals surface area contributed by atoms with Gasteiger partial charge >= 0.3 is 5.69 Å². The Balaban J connectivity index is 2.17. The summed E-state index contributed by atoms with van der Waals surface area (Å²) in [7, 11) is 0. The third kappa shape index (κ3) is 2.29. The van der Waals surface area contributed by atoms with Crippen LogP contribution in [0.3, 0.4) is 0 Å². The number of aromatic nitrogens is 4. The molecule has 0 aliphatic rings. The second-order valence-electron chi connectivity index (χ2n) is 3.16. The maximum atomic E-state index is 11.3. The molecule has 0 saturated carbocycles. The van der Waals surface area contributed by atoms with E-state index in [2.05, 4.69) is 15.5 Å². The van der Waals surface area contributed by atoms with Gasteiger partial charge in [-0.05, 0) is 16.6 Å². The van der Waals surface area contributed by atoms with Gasteiger partial charge in [-0.2, -0.15) is 4.68 Å². The highest BCUT2D eigenvalue weighted by atomic mass is 16.5. The zero-order chi connectivity index (χ0) is 13.0. The fourth-order valence-corrected chi connectivity index (χ4v) is 1.26. The third-order valence-corrected chi connectivity index (χ3v) is 2.03. The first-order valence-electron chi connectivity index (χ1n) is 4.89. The molecule has 0 unspecified atom stereocenters.